The van der Waals surface area contributed by atoms with Gasteiger partial charge in [-0.25, -0.2) is 0 Å². The van der Waals surface area contributed by atoms with Crippen LogP contribution in [0.25, 0.3) is 67.8 Å². The molecule has 0 saturated carbocycles. The highest BCUT2D eigenvalue weighted by Gasteiger charge is 2.16. The Balaban J connectivity index is 1.32. The van der Waals surface area contributed by atoms with Crippen molar-refractivity contribution in [2.75, 3.05) is 0 Å². The van der Waals surface area contributed by atoms with Crippen LogP contribution >= 0.6 is 0 Å². The average Bonchev–Trinajstić information content (AvgIpc) is 3.32. The summed E-state index contributed by atoms with van der Waals surface area (Å²) in [6, 6.07) is 87.1. The first-order valence-electron chi connectivity index (χ1n) is 19.9. The first kappa shape index (κ1) is 36.1. The number of hydrogen-bond acceptors (Lipinski definition) is 0. The molecule has 0 N–H and O–H groups in total. The normalized spacial score (nSPS) is 10.8. The van der Waals surface area contributed by atoms with Crippen LogP contribution in [0, 0.1) is 0 Å². The van der Waals surface area contributed by atoms with Crippen molar-refractivity contribution < 1.29 is 0 Å². The fraction of sp³-hybridized carbons (Fsp3) is 0. The lowest BCUT2D eigenvalue weighted by molar-refractivity contribution is 1.51. The van der Waals surface area contributed by atoms with Gasteiger partial charge >= 0.3 is 0 Å². The van der Waals surface area contributed by atoms with E-state index in [4.69, 9.17) is 0 Å². The fourth-order valence-corrected chi connectivity index (χ4v) is 7.77. The molecule has 0 nitrogen and oxygen atoms in total. The summed E-state index contributed by atoms with van der Waals surface area (Å²) in [7, 11) is 0. The van der Waals surface area contributed by atoms with Gasteiger partial charge in [0.25, 0.3) is 0 Å². The van der Waals surface area contributed by atoms with E-state index in [2.05, 4.69) is 255 Å². The van der Waals surface area contributed by atoms with Gasteiger partial charge in [-0.05, 0) is 113 Å². The molecule has 58 heavy (non-hydrogen) atoms. The number of benzene rings is 9. The summed E-state index contributed by atoms with van der Waals surface area (Å²) in [6.45, 7) is 0. The molecule has 0 aliphatic rings. The van der Waals surface area contributed by atoms with Crippen molar-refractivity contribution in [3.8, 4) is 44.5 Å². The molecule has 274 valence electrons. The van der Waals surface area contributed by atoms with Crippen LogP contribution in [-0.4, -0.2) is 0 Å². The first-order chi connectivity index (χ1) is 28.8. The van der Waals surface area contributed by atoms with Crippen molar-refractivity contribution in [3.63, 3.8) is 0 Å². The van der Waals surface area contributed by atoms with Crippen LogP contribution < -0.4 is 0 Å². The third-order valence-electron chi connectivity index (χ3n) is 10.8. The Hall–Kier alpha value is -7.54. The maximum absolute atomic E-state index is 2.41. The van der Waals surface area contributed by atoms with Crippen molar-refractivity contribution in [2.45, 2.75) is 0 Å². The second kappa shape index (κ2) is 17.1. The van der Waals surface area contributed by atoms with Crippen LogP contribution in [0.4, 0.5) is 0 Å². The molecule has 9 aromatic carbocycles. The molecule has 9 rings (SSSR count). The van der Waals surface area contributed by atoms with Crippen LogP contribution in [-0.2, 0) is 0 Å². The second-order valence-electron chi connectivity index (χ2n) is 14.5. The van der Waals surface area contributed by atoms with Gasteiger partial charge < -0.3 is 0 Å². The SMILES string of the molecule is C(=C(c1ccccc1)c1ccccc1)c1cc(-c2ccc(-c3ccccc3)cc2)c(C=C(c2ccccc2)c2ccccc2)cc1-c1ccc(-c2ccccc2)cc1. The van der Waals surface area contributed by atoms with Gasteiger partial charge in [0.2, 0.25) is 0 Å². The Labute approximate surface area is 342 Å². The molecule has 0 radical (unpaired) electrons. The van der Waals surface area contributed by atoms with Crippen molar-refractivity contribution in [1.29, 1.82) is 0 Å². The molecular formula is C58H42. The summed E-state index contributed by atoms with van der Waals surface area (Å²) in [5.41, 5.74) is 18.8. The topological polar surface area (TPSA) is 0 Å². The molecule has 0 unspecified atom stereocenters. The van der Waals surface area contributed by atoms with Crippen LogP contribution in [0.2, 0.25) is 0 Å². The van der Waals surface area contributed by atoms with E-state index in [1.54, 1.807) is 0 Å². The monoisotopic (exact) mass is 738 g/mol. The zero-order valence-corrected chi connectivity index (χ0v) is 32.2. The maximum atomic E-state index is 2.41. The summed E-state index contributed by atoms with van der Waals surface area (Å²) in [4.78, 5) is 0. The van der Waals surface area contributed by atoms with Crippen LogP contribution in [0.3, 0.4) is 0 Å². The van der Waals surface area contributed by atoms with Crippen molar-refractivity contribution in [2.24, 2.45) is 0 Å². The lowest BCUT2D eigenvalue weighted by Crippen LogP contribution is -1.95. The Morgan fingerprint density at radius 3 is 0.724 bits per heavy atom. The van der Waals surface area contributed by atoms with E-state index in [1.165, 1.54) is 66.8 Å². The van der Waals surface area contributed by atoms with E-state index in [0.29, 0.717) is 0 Å². The largest absolute Gasteiger partial charge is 0.0622 e. The molecule has 0 aliphatic heterocycles. The van der Waals surface area contributed by atoms with Crippen LogP contribution in [0.1, 0.15) is 33.4 Å². The Morgan fingerprint density at radius 2 is 0.448 bits per heavy atom. The third-order valence-corrected chi connectivity index (χ3v) is 10.8. The maximum Gasteiger partial charge on any atom is -0.0105 e. The molecule has 0 fully saturated rings. The Kier molecular flexibility index (Phi) is 10.6. The molecule has 0 bridgehead atoms. The standard InChI is InChI=1S/C58H42/c1-7-19-43(20-8-1)45-31-35-51(36-32-45)57-41-54(40-56(49-27-15-5-16-28-49)50-29-17-6-18-30-50)58(52-37-33-46(34-38-52)44-21-9-2-10-22-44)42-53(57)39-55(47-23-11-3-12-24-47)48-25-13-4-14-26-48/h1-42H. The highest BCUT2D eigenvalue weighted by molar-refractivity contribution is 5.99. The predicted molar refractivity (Wildman–Crippen MR) is 248 cm³/mol. The van der Waals surface area contributed by atoms with Crippen LogP contribution in [0.15, 0.2) is 243 Å². The van der Waals surface area contributed by atoms with Gasteiger partial charge in [0.05, 0.1) is 0 Å². The lowest BCUT2D eigenvalue weighted by atomic mass is 9.86. The van der Waals surface area contributed by atoms with E-state index in [1.807, 2.05) is 0 Å². The molecular weight excluding hydrogens is 697 g/mol. The Bertz CT molecular complexity index is 2500. The fourth-order valence-electron chi connectivity index (χ4n) is 7.77. The minimum Gasteiger partial charge on any atom is -0.0622 e. The van der Waals surface area contributed by atoms with Gasteiger partial charge in [0.1, 0.15) is 0 Å². The summed E-state index contributed by atoms with van der Waals surface area (Å²) >= 11 is 0. The van der Waals surface area contributed by atoms with E-state index in [9.17, 15) is 0 Å². The predicted octanol–water partition coefficient (Wildman–Crippen LogP) is 15.5. The number of hydrogen-bond donors (Lipinski definition) is 0. The van der Waals surface area contributed by atoms with E-state index in [-0.39, 0.29) is 0 Å². The minimum absolute atomic E-state index is 1.15. The van der Waals surface area contributed by atoms with Gasteiger partial charge in [-0.2, -0.15) is 0 Å². The van der Waals surface area contributed by atoms with Gasteiger partial charge in [-0.3, -0.25) is 0 Å². The van der Waals surface area contributed by atoms with E-state index < -0.39 is 0 Å². The summed E-state index contributed by atoms with van der Waals surface area (Å²) in [5.74, 6) is 0. The summed E-state index contributed by atoms with van der Waals surface area (Å²) in [5, 5.41) is 0. The molecule has 0 aliphatic carbocycles. The molecule has 0 heteroatoms. The zero-order valence-electron chi connectivity index (χ0n) is 32.2. The van der Waals surface area contributed by atoms with Crippen LogP contribution in [0.5, 0.6) is 0 Å². The first-order valence-corrected chi connectivity index (χ1v) is 19.9. The highest BCUT2D eigenvalue weighted by Crippen LogP contribution is 2.40. The van der Waals surface area contributed by atoms with Gasteiger partial charge in [0, 0.05) is 0 Å². The zero-order chi connectivity index (χ0) is 38.9. The average molecular weight is 739 g/mol. The Morgan fingerprint density at radius 1 is 0.224 bits per heavy atom. The van der Waals surface area contributed by atoms with Crippen molar-refractivity contribution in [1.82, 2.24) is 0 Å². The summed E-state index contributed by atoms with van der Waals surface area (Å²) in [6.07, 6.45) is 4.77. The van der Waals surface area contributed by atoms with E-state index in [0.717, 1.165) is 22.3 Å². The molecule has 9 aromatic rings. The molecule has 0 atom stereocenters. The highest BCUT2D eigenvalue weighted by atomic mass is 14.2. The van der Waals surface area contributed by atoms with Crippen molar-refractivity contribution in [3.05, 3.63) is 276 Å². The molecule has 0 amide bonds. The molecule has 0 saturated heterocycles. The molecule has 0 spiro atoms. The van der Waals surface area contributed by atoms with Crippen molar-refractivity contribution >= 4 is 23.3 Å². The second-order valence-corrected chi connectivity index (χ2v) is 14.5. The molecule has 0 heterocycles. The third kappa shape index (κ3) is 8.05. The minimum atomic E-state index is 1.15. The number of rotatable bonds is 10. The lowest BCUT2D eigenvalue weighted by Gasteiger charge is -2.18. The van der Waals surface area contributed by atoms with E-state index >= 15 is 0 Å². The quantitative estimate of drug-likeness (QED) is 0.123. The van der Waals surface area contributed by atoms with Gasteiger partial charge in [-0.15, -0.1) is 0 Å². The summed E-state index contributed by atoms with van der Waals surface area (Å²) < 4.78 is 0. The van der Waals surface area contributed by atoms with Gasteiger partial charge in [0.15, 0.2) is 0 Å². The smallest absolute Gasteiger partial charge is 0.0105 e. The molecule has 0 aromatic heterocycles. The van der Waals surface area contributed by atoms with Gasteiger partial charge in [-0.1, -0.05) is 231 Å².